The van der Waals surface area contributed by atoms with E-state index in [0.29, 0.717) is 12.1 Å². The predicted molar refractivity (Wildman–Crippen MR) is 94.8 cm³/mol. The minimum Gasteiger partial charge on any atom is -0.303 e. The molecule has 0 fully saturated rings. The van der Waals surface area contributed by atoms with E-state index in [-0.39, 0.29) is 0 Å². The minimum absolute atomic E-state index is 0.406. The summed E-state index contributed by atoms with van der Waals surface area (Å²) in [7, 11) is 0. The number of benzene rings is 2. The molecular weight excluding hydrogens is 342 g/mol. The Balaban J connectivity index is 1.82. The summed E-state index contributed by atoms with van der Waals surface area (Å²) in [5.74, 6) is 1.20. The van der Waals surface area contributed by atoms with E-state index in [1.807, 2.05) is 11.8 Å². The lowest BCUT2D eigenvalue weighted by molar-refractivity contribution is 0.421. The van der Waals surface area contributed by atoms with Crippen LogP contribution in [0.5, 0.6) is 0 Å². The van der Waals surface area contributed by atoms with Gasteiger partial charge in [0.05, 0.1) is 0 Å². The van der Waals surface area contributed by atoms with Crippen molar-refractivity contribution in [3.63, 3.8) is 0 Å². The molecule has 1 aliphatic rings. The second-order valence-electron chi connectivity index (χ2n) is 5.41. The van der Waals surface area contributed by atoms with Crippen LogP contribution in [0.1, 0.15) is 43.0 Å². The van der Waals surface area contributed by atoms with Crippen molar-refractivity contribution in [1.82, 2.24) is 5.32 Å². The smallest absolute Gasteiger partial charge is 0.0344 e. The zero-order valence-corrected chi connectivity index (χ0v) is 14.6. The number of thioether (sulfide) groups is 1. The maximum atomic E-state index is 3.87. The van der Waals surface area contributed by atoms with Gasteiger partial charge < -0.3 is 5.32 Å². The molecule has 2 aromatic rings. The molecule has 0 amide bonds. The molecule has 2 atom stereocenters. The maximum absolute atomic E-state index is 3.87. The number of nitrogens with one attached hydrogen (secondary N) is 1. The maximum Gasteiger partial charge on any atom is 0.0344 e. The normalized spacial score (nSPS) is 19.0. The third kappa shape index (κ3) is 3.53. The highest BCUT2D eigenvalue weighted by Gasteiger charge is 2.23. The highest BCUT2D eigenvalue weighted by atomic mass is 79.9. The number of hydrogen-bond acceptors (Lipinski definition) is 2. The van der Waals surface area contributed by atoms with Gasteiger partial charge in [-0.2, -0.15) is 0 Å². The molecule has 0 radical (unpaired) electrons. The van der Waals surface area contributed by atoms with E-state index in [2.05, 4.69) is 76.7 Å². The van der Waals surface area contributed by atoms with Crippen molar-refractivity contribution in [1.29, 1.82) is 0 Å². The molecule has 1 aliphatic heterocycles. The molecule has 110 valence electrons. The van der Waals surface area contributed by atoms with E-state index < -0.39 is 0 Å². The minimum atomic E-state index is 0.406. The van der Waals surface area contributed by atoms with Crippen molar-refractivity contribution in [3.8, 4) is 0 Å². The summed E-state index contributed by atoms with van der Waals surface area (Å²) in [4.78, 5) is 1.44. The Bertz CT molecular complexity index is 614. The van der Waals surface area contributed by atoms with Gasteiger partial charge in [0, 0.05) is 21.5 Å². The Morgan fingerprint density at radius 1 is 1.24 bits per heavy atom. The standard InChI is InChI=1S/C18H20BrNS/c1-2-16(13-6-5-7-14(19)12-13)20-17-10-11-21-18-9-4-3-8-15(17)18/h3-9,12,16-17,20H,2,10-11H2,1H3. The van der Waals surface area contributed by atoms with Crippen LogP contribution in [0.15, 0.2) is 57.9 Å². The Labute approximate surface area is 139 Å². The molecule has 0 bridgehead atoms. The average Bonchev–Trinajstić information content (AvgIpc) is 2.52. The number of fused-ring (bicyclic) bond motifs is 1. The van der Waals surface area contributed by atoms with Crippen LogP contribution in [0, 0.1) is 0 Å². The van der Waals surface area contributed by atoms with Gasteiger partial charge in [0.25, 0.3) is 0 Å². The van der Waals surface area contributed by atoms with Gasteiger partial charge in [0.2, 0.25) is 0 Å². The molecule has 3 heteroatoms. The van der Waals surface area contributed by atoms with Gasteiger partial charge in [-0.05, 0) is 47.9 Å². The summed E-state index contributed by atoms with van der Waals surface area (Å²) in [6.45, 7) is 2.25. The molecule has 21 heavy (non-hydrogen) atoms. The Hall–Kier alpha value is -0.770. The summed E-state index contributed by atoms with van der Waals surface area (Å²) >= 11 is 5.56. The first kappa shape index (κ1) is 15.1. The molecule has 0 spiro atoms. The monoisotopic (exact) mass is 361 g/mol. The largest absolute Gasteiger partial charge is 0.303 e. The van der Waals surface area contributed by atoms with Crippen LogP contribution in [0.4, 0.5) is 0 Å². The van der Waals surface area contributed by atoms with Crippen molar-refractivity contribution >= 4 is 27.7 Å². The molecule has 2 unspecified atom stereocenters. The molecule has 1 N–H and O–H groups in total. The summed E-state index contributed by atoms with van der Waals surface area (Å²) < 4.78 is 1.15. The van der Waals surface area contributed by atoms with E-state index in [1.54, 1.807) is 0 Å². The van der Waals surface area contributed by atoms with Gasteiger partial charge in [-0.25, -0.2) is 0 Å². The van der Waals surface area contributed by atoms with Crippen LogP contribution < -0.4 is 5.32 Å². The lowest BCUT2D eigenvalue weighted by atomic mass is 9.99. The first-order valence-corrected chi connectivity index (χ1v) is 9.29. The van der Waals surface area contributed by atoms with Gasteiger partial charge >= 0.3 is 0 Å². The molecule has 0 saturated carbocycles. The van der Waals surface area contributed by atoms with E-state index in [4.69, 9.17) is 0 Å². The van der Waals surface area contributed by atoms with Crippen LogP contribution in [0.2, 0.25) is 0 Å². The quantitative estimate of drug-likeness (QED) is 0.746. The van der Waals surface area contributed by atoms with Crippen molar-refractivity contribution < 1.29 is 0 Å². The predicted octanol–water partition coefficient (Wildman–Crippen LogP) is 5.73. The van der Waals surface area contributed by atoms with Crippen molar-refractivity contribution in [3.05, 3.63) is 64.1 Å². The first-order valence-electron chi connectivity index (χ1n) is 7.51. The number of hydrogen-bond donors (Lipinski definition) is 1. The SMILES string of the molecule is CCC(NC1CCSc2ccccc21)c1cccc(Br)c1. The first-order chi connectivity index (χ1) is 10.3. The van der Waals surface area contributed by atoms with Crippen LogP contribution >= 0.6 is 27.7 Å². The van der Waals surface area contributed by atoms with E-state index in [1.165, 1.54) is 28.2 Å². The van der Waals surface area contributed by atoms with E-state index in [0.717, 1.165) is 10.9 Å². The van der Waals surface area contributed by atoms with Crippen molar-refractivity contribution in [2.75, 3.05) is 5.75 Å². The molecule has 0 aliphatic carbocycles. The number of rotatable bonds is 4. The van der Waals surface area contributed by atoms with Gasteiger partial charge in [0.15, 0.2) is 0 Å². The Morgan fingerprint density at radius 3 is 2.90 bits per heavy atom. The molecule has 0 saturated heterocycles. The van der Waals surface area contributed by atoms with Gasteiger partial charge in [-0.3, -0.25) is 0 Å². The fourth-order valence-electron chi connectivity index (χ4n) is 2.93. The molecule has 3 rings (SSSR count). The molecular formula is C18H20BrNS. The van der Waals surface area contributed by atoms with Crippen LogP contribution in [-0.2, 0) is 0 Å². The van der Waals surface area contributed by atoms with Crippen molar-refractivity contribution in [2.24, 2.45) is 0 Å². The van der Waals surface area contributed by atoms with Gasteiger partial charge in [-0.1, -0.05) is 53.2 Å². The summed E-state index contributed by atoms with van der Waals surface area (Å²) in [5.41, 5.74) is 2.82. The molecule has 1 heterocycles. The van der Waals surface area contributed by atoms with E-state index >= 15 is 0 Å². The van der Waals surface area contributed by atoms with Crippen LogP contribution in [0.25, 0.3) is 0 Å². The highest BCUT2D eigenvalue weighted by molar-refractivity contribution is 9.10. The third-order valence-electron chi connectivity index (χ3n) is 4.02. The molecule has 0 aromatic heterocycles. The Morgan fingerprint density at radius 2 is 2.10 bits per heavy atom. The van der Waals surface area contributed by atoms with Crippen molar-refractivity contribution in [2.45, 2.75) is 36.7 Å². The van der Waals surface area contributed by atoms with Crippen LogP contribution in [-0.4, -0.2) is 5.75 Å². The summed E-state index contributed by atoms with van der Waals surface area (Å²) in [6, 6.07) is 18.3. The Kier molecular flexibility index (Phi) is 5.04. The fourth-order valence-corrected chi connectivity index (χ4v) is 4.47. The third-order valence-corrected chi connectivity index (χ3v) is 5.64. The van der Waals surface area contributed by atoms with E-state index in [9.17, 15) is 0 Å². The number of halogens is 1. The van der Waals surface area contributed by atoms with Crippen LogP contribution in [0.3, 0.4) is 0 Å². The fraction of sp³-hybridized carbons (Fsp3) is 0.333. The summed E-state index contributed by atoms with van der Waals surface area (Å²) in [5, 5.41) is 3.87. The second kappa shape index (κ2) is 6.99. The molecule has 2 aromatic carbocycles. The summed E-state index contributed by atoms with van der Waals surface area (Å²) in [6.07, 6.45) is 2.30. The lowest BCUT2D eigenvalue weighted by Gasteiger charge is -2.30. The second-order valence-corrected chi connectivity index (χ2v) is 7.46. The zero-order chi connectivity index (χ0) is 14.7. The molecule has 1 nitrogen and oxygen atoms in total. The highest BCUT2D eigenvalue weighted by Crippen LogP contribution is 2.37. The van der Waals surface area contributed by atoms with Gasteiger partial charge in [-0.15, -0.1) is 11.8 Å². The zero-order valence-electron chi connectivity index (χ0n) is 12.2. The van der Waals surface area contributed by atoms with Gasteiger partial charge in [0.1, 0.15) is 0 Å². The average molecular weight is 362 g/mol. The topological polar surface area (TPSA) is 12.0 Å². The lowest BCUT2D eigenvalue weighted by Crippen LogP contribution is -2.28.